The molecule has 1 saturated heterocycles. The van der Waals surface area contributed by atoms with Crippen molar-refractivity contribution in [1.82, 2.24) is 0 Å². The minimum absolute atomic E-state index is 0.0169. The molecule has 3 nitrogen and oxygen atoms in total. The molecule has 0 N–H and O–H groups in total. The highest BCUT2D eigenvalue weighted by Crippen LogP contribution is 2.43. The molecule has 0 spiro atoms. The summed E-state index contributed by atoms with van der Waals surface area (Å²) in [4.78, 5) is 0. The fraction of sp³-hybridized carbons (Fsp3) is 0.613. The van der Waals surface area contributed by atoms with Crippen LogP contribution in [0.3, 0.4) is 0 Å². The molecule has 39 heavy (non-hydrogen) atoms. The number of alkyl halides is 3. The molecule has 2 aliphatic carbocycles. The summed E-state index contributed by atoms with van der Waals surface area (Å²) < 4.78 is 88.7. The minimum Gasteiger partial charge on any atom is -0.432 e. The van der Waals surface area contributed by atoms with Gasteiger partial charge in [0.1, 0.15) is 24.1 Å². The Hall–Kier alpha value is -2.19. The summed E-state index contributed by atoms with van der Waals surface area (Å²) in [5.74, 6) is -0.977. The van der Waals surface area contributed by atoms with E-state index in [0.717, 1.165) is 18.1 Å². The lowest BCUT2D eigenvalue weighted by atomic mass is 9.76. The van der Waals surface area contributed by atoms with Gasteiger partial charge in [-0.3, -0.25) is 0 Å². The number of halogens is 5. The Kier molecular flexibility index (Phi) is 8.82. The highest BCUT2D eigenvalue weighted by Gasteiger charge is 2.46. The summed E-state index contributed by atoms with van der Waals surface area (Å²) in [6.07, 6.45) is 2.77. The van der Waals surface area contributed by atoms with Gasteiger partial charge in [-0.25, -0.2) is 13.2 Å². The van der Waals surface area contributed by atoms with Gasteiger partial charge in [-0.15, -0.1) is 0 Å². The Morgan fingerprint density at radius 3 is 2.08 bits per heavy atom. The van der Waals surface area contributed by atoms with Crippen LogP contribution in [-0.2, 0) is 16.1 Å². The van der Waals surface area contributed by atoms with Gasteiger partial charge in [-0.2, -0.15) is 8.78 Å². The van der Waals surface area contributed by atoms with Gasteiger partial charge < -0.3 is 14.2 Å². The third-order valence-corrected chi connectivity index (χ3v) is 9.01. The molecule has 0 bridgehead atoms. The first kappa shape index (κ1) is 28.3. The van der Waals surface area contributed by atoms with Crippen molar-refractivity contribution in [3.63, 3.8) is 0 Å². The third kappa shape index (κ3) is 6.59. The summed E-state index contributed by atoms with van der Waals surface area (Å²) in [5, 5.41) is 0. The van der Waals surface area contributed by atoms with Crippen LogP contribution in [0.15, 0.2) is 36.4 Å². The average Bonchev–Trinajstić information content (AvgIpc) is 2.93. The van der Waals surface area contributed by atoms with Gasteiger partial charge >= 0.3 is 6.11 Å². The van der Waals surface area contributed by atoms with E-state index in [4.69, 9.17) is 14.2 Å². The number of ether oxygens (including phenoxy) is 3. The van der Waals surface area contributed by atoms with Crippen LogP contribution in [0.1, 0.15) is 63.9 Å². The van der Waals surface area contributed by atoms with Gasteiger partial charge in [0.05, 0.1) is 19.1 Å². The molecule has 3 aliphatic rings. The molecule has 0 unspecified atom stereocenters. The molecule has 1 heterocycles. The molecule has 5 rings (SSSR count). The van der Waals surface area contributed by atoms with Crippen molar-refractivity contribution in [3.8, 4) is 16.9 Å². The second-order valence-electron chi connectivity index (χ2n) is 11.7. The molecule has 214 valence electrons. The second-order valence-corrected chi connectivity index (χ2v) is 11.7. The molecule has 8 heteroatoms. The van der Waals surface area contributed by atoms with Crippen molar-refractivity contribution in [2.24, 2.45) is 29.6 Å². The first-order chi connectivity index (χ1) is 18.7. The van der Waals surface area contributed by atoms with Crippen molar-refractivity contribution in [1.29, 1.82) is 0 Å². The molecular formula is C31H37F5O3. The summed E-state index contributed by atoms with van der Waals surface area (Å²) in [7, 11) is 0. The largest absolute Gasteiger partial charge is 0.432 e. The van der Waals surface area contributed by atoms with Crippen LogP contribution >= 0.6 is 0 Å². The normalized spacial score (nSPS) is 30.2. The molecule has 3 fully saturated rings. The highest BCUT2D eigenvalue weighted by atomic mass is 19.3. The zero-order valence-corrected chi connectivity index (χ0v) is 22.3. The maximum Gasteiger partial charge on any atom is 0.400 e. The van der Waals surface area contributed by atoms with Crippen molar-refractivity contribution in [2.75, 3.05) is 13.2 Å². The molecular weight excluding hydrogens is 515 g/mol. The summed E-state index contributed by atoms with van der Waals surface area (Å²) in [5.41, 5.74) is 0.0716. The summed E-state index contributed by atoms with van der Waals surface area (Å²) in [6.45, 7) is 2.69. The SMILES string of the molecule is CC1CCC(C2COC(C3CCC(C(F)(F)Oc4ccc(-c5ccc(CF)c(F)c5)c(F)c4)CC3)OC2)CC1. The number of benzene rings is 2. The summed E-state index contributed by atoms with van der Waals surface area (Å²) >= 11 is 0. The quantitative estimate of drug-likeness (QED) is 0.322. The van der Waals surface area contributed by atoms with Crippen LogP contribution in [0.4, 0.5) is 22.0 Å². The van der Waals surface area contributed by atoms with E-state index in [2.05, 4.69) is 6.92 Å². The standard InChI is InChI=1S/C31H37F5O3/c1-19-2-4-20(5-3-19)24-17-37-30(38-18-24)21-8-10-25(11-9-21)31(35,36)39-26-12-13-27(29(34)15-26)22-6-7-23(16-32)28(33)14-22/h6-7,12-15,19-21,24-25,30H,2-5,8-11,16-18H2,1H3. The van der Waals surface area contributed by atoms with Crippen molar-refractivity contribution >= 4 is 0 Å². The van der Waals surface area contributed by atoms with Crippen molar-refractivity contribution in [2.45, 2.75) is 77.4 Å². The first-order valence-electron chi connectivity index (χ1n) is 14.2. The Labute approximate surface area is 227 Å². The van der Waals surface area contributed by atoms with Crippen LogP contribution < -0.4 is 4.74 Å². The van der Waals surface area contributed by atoms with Crippen molar-refractivity contribution < 1.29 is 36.2 Å². The van der Waals surface area contributed by atoms with Crippen LogP contribution in [-0.4, -0.2) is 25.6 Å². The van der Waals surface area contributed by atoms with E-state index >= 15 is 8.78 Å². The van der Waals surface area contributed by atoms with E-state index in [1.165, 1.54) is 49.9 Å². The monoisotopic (exact) mass is 552 g/mol. The van der Waals surface area contributed by atoms with E-state index < -0.39 is 30.3 Å². The molecule has 2 saturated carbocycles. The van der Waals surface area contributed by atoms with Gasteiger partial charge in [0.25, 0.3) is 0 Å². The topological polar surface area (TPSA) is 27.7 Å². The van der Waals surface area contributed by atoms with E-state index in [1.54, 1.807) is 0 Å². The number of hydrogen-bond donors (Lipinski definition) is 0. The van der Waals surface area contributed by atoms with Crippen LogP contribution in [0, 0.1) is 41.2 Å². The first-order valence-corrected chi connectivity index (χ1v) is 14.2. The van der Waals surface area contributed by atoms with Crippen LogP contribution in [0.25, 0.3) is 11.1 Å². The van der Waals surface area contributed by atoms with Crippen LogP contribution in [0.2, 0.25) is 0 Å². The van der Waals surface area contributed by atoms with E-state index in [9.17, 15) is 13.2 Å². The maximum atomic E-state index is 15.0. The zero-order valence-electron chi connectivity index (χ0n) is 22.3. The zero-order chi connectivity index (χ0) is 27.6. The van der Waals surface area contributed by atoms with Gasteiger partial charge in [0.15, 0.2) is 6.29 Å². The Morgan fingerprint density at radius 2 is 1.46 bits per heavy atom. The van der Waals surface area contributed by atoms with Gasteiger partial charge in [0.2, 0.25) is 0 Å². The predicted octanol–water partition coefficient (Wildman–Crippen LogP) is 8.69. The lowest BCUT2D eigenvalue weighted by Crippen LogP contribution is -2.43. The van der Waals surface area contributed by atoms with Crippen LogP contribution in [0.5, 0.6) is 5.75 Å². The Morgan fingerprint density at radius 1 is 0.795 bits per heavy atom. The lowest BCUT2D eigenvalue weighted by molar-refractivity contribution is -0.251. The molecule has 2 aromatic rings. The van der Waals surface area contributed by atoms with E-state index in [0.29, 0.717) is 37.9 Å². The Bertz CT molecular complexity index is 1100. The summed E-state index contributed by atoms with van der Waals surface area (Å²) in [6, 6.07) is 7.03. The molecule has 0 atom stereocenters. The molecule has 0 radical (unpaired) electrons. The van der Waals surface area contributed by atoms with Crippen molar-refractivity contribution in [3.05, 3.63) is 53.6 Å². The van der Waals surface area contributed by atoms with Gasteiger partial charge in [-0.1, -0.05) is 31.9 Å². The molecule has 1 aliphatic heterocycles. The third-order valence-electron chi connectivity index (χ3n) is 9.01. The highest BCUT2D eigenvalue weighted by molar-refractivity contribution is 5.65. The van der Waals surface area contributed by atoms with E-state index in [-0.39, 0.29) is 47.5 Å². The molecule has 0 amide bonds. The van der Waals surface area contributed by atoms with Gasteiger partial charge in [0, 0.05) is 29.0 Å². The predicted molar refractivity (Wildman–Crippen MR) is 138 cm³/mol. The fourth-order valence-electron chi connectivity index (χ4n) is 6.42. The smallest absolute Gasteiger partial charge is 0.400 e. The second kappa shape index (κ2) is 12.1. The average molecular weight is 553 g/mol. The maximum absolute atomic E-state index is 15.0. The molecule has 0 aromatic heterocycles. The Balaban J connectivity index is 1.12. The fourth-order valence-corrected chi connectivity index (χ4v) is 6.42. The number of hydrogen-bond acceptors (Lipinski definition) is 3. The van der Waals surface area contributed by atoms with Gasteiger partial charge in [-0.05, 0) is 74.1 Å². The lowest BCUT2D eigenvalue weighted by Gasteiger charge is -2.41. The molecule has 2 aromatic carbocycles. The number of rotatable bonds is 7. The minimum atomic E-state index is -3.47. The van der Waals surface area contributed by atoms with E-state index in [1.807, 2.05) is 0 Å².